The molecule has 2 radical (unpaired) electrons. The minimum Gasteiger partial charge on any atom is -0.453 e. The Hall–Kier alpha value is -4.51. The van der Waals surface area contributed by atoms with Gasteiger partial charge in [0.05, 0.1) is 10.9 Å². The molecule has 2 aromatic carbocycles. The van der Waals surface area contributed by atoms with Gasteiger partial charge in [-0.1, -0.05) is 17.7 Å². The van der Waals surface area contributed by atoms with Crippen molar-refractivity contribution in [3.63, 3.8) is 0 Å². The molecule has 9 nitrogen and oxygen atoms in total. The zero-order valence-corrected chi connectivity index (χ0v) is 22.6. The molecule has 6 rings (SSSR count). The predicted octanol–water partition coefficient (Wildman–Crippen LogP) is 4.43. The van der Waals surface area contributed by atoms with Crippen molar-refractivity contribution in [3.05, 3.63) is 78.4 Å². The van der Waals surface area contributed by atoms with E-state index in [-0.39, 0.29) is 17.3 Å². The lowest BCUT2D eigenvalue weighted by atomic mass is 10.0. The van der Waals surface area contributed by atoms with Gasteiger partial charge in [-0.25, -0.2) is 9.37 Å². The molecule has 4 aromatic rings. The van der Waals surface area contributed by atoms with Crippen LogP contribution in [-0.2, 0) is 9.59 Å². The molecule has 0 unspecified atom stereocenters. The van der Waals surface area contributed by atoms with Gasteiger partial charge in [0.15, 0.2) is 19.5 Å². The molecule has 1 aliphatic carbocycles. The number of aromatic nitrogens is 2. The highest BCUT2D eigenvalue weighted by molar-refractivity contribution is 6.16. The van der Waals surface area contributed by atoms with E-state index in [2.05, 4.69) is 25.5 Å². The van der Waals surface area contributed by atoms with Gasteiger partial charge < -0.3 is 25.1 Å². The molecule has 3 heterocycles. The molecule has 0 bridgehead atoms. The number of hydrogen-bond donors (Lipinski definition) is 2. The highest BCUT2D eigenvalue weighted by atomic mass is 19.1. The van der Waals surface area contributed by atoms with Crippen LogP contribution in [-0.4, -0.2) is 60.8 Å². The number of nitrogens with one attached hydrogen (secondary N) is 2. The van der Waals surface area contributed by atoms with Gasteiger partial charge in [-0.15, -0.1) is 0 Å². The molecule has 0 spiro atoms. The summed E-state index contributed by atoms with van der Waals surface area (Å²) in [4.78, 5) is 38.8. The lowest BCUT2D eigenvalue weighted by Gasteiger charge is -2.33. The van der Waals surface area contributed by atoms with E-state index in [1.807, 2.05) is 25.1 Å². The summed E-state index contributed by atoms with van der Waals surface area (Å²) in [5.41, 5.74) is 1.42. The molecule has 2 aromatic heterocycles. The Bertz CT molecular complexity index is 1620. The maximum atomic E-state index is 15.1. The number of pyridine rings is 2. The van der Waals surface area contributed by atoms with E-state index in [4.69, 9.17) is 12.7 Å². The Balaban J connectivity index is 1.13. The molecule has 206 valence electrons. The molecular weight excluding hydrogens is 522 g/mol. The first kappa shape index (κ1) is 26.7. The topological polar surface area (TPSA) is 99.7 Å². The van der Waals surface area contributed by atoms with E-state index in [1.54, 1.807) is 41.5 Å². The number of amides is 2. The number of carbonyl (C=O) groups is 2. The van der Waals surface area contributed by atoms with Crippen molar-refractivity contribution < 1.29 is 18.7 Å². The van der Waals surface area contributed by atoms with Crippen LogP contribution in [0.2, 0.25) is 0 Å². The van der Waals surface area contributed by atoms with Crippen LogP contribution < -0.4 is 20.3 Å². The van der Waals surface area contributed by atoms with Crippen LogP contribution >= 0.6 is 0 Å². The number of aryl methyl sites for hydroxylation is 1. The third-order valence-electron chi connectivity index (χ3n) is 7.55. The zero-order valence-electron chi connectivity index (χ0n) is 22.6. The molecular formula is C30H28BFN6O3. The fourth-order valence-corrected chi connectivity index (χ4v) is 4.82. The second-order valence-corrected chi connectivity index (χ2v) is 10.5. The summed E-state index contributed by atoms with van der Waals surface area (Å²) in [5, 5.41) is 6.14. The number of nitrogens with zero attached hydrogens (tertiary/aromatic N) is 4. The van der Waals surface area contributed by atoms with Crippen LogP contribution in [0.5, 0.6) is 11.5 Å². The van der Waals surface area contributed by atoms with Crippen LogP contribution in [0, 0.1) is 18.2 Å². The highest BCUT2D eigenvalue weighted by Crippen LogP contribution is 2.47. The van der Waals surface area contributed by atoms with Crippen molar-refractivity contribution in [2.24, 2.45) is 5.41 Å². The third kappa shape index (κ3) is 5.58. The fourth-order valence-electron chi connectivity index (χ4n) is 4.82. The lowest BCUT2D eigenvalue weighted by molar-refractivity contribution is -0.131. The van der Waals surface area contributed by atoms with Gasteiger partial charge in [0, 0.05) is 62.1 Å². The van der Waals surface area contributed by atoms with Gasteiger partial charge in [-0.2, -0.15) is 0 Å². The number of rotatable bonds is 7. The summed E-state index contributed by atoms with van der Waals surface area (Å²) in [6.07, 6.45) is 4.12. The van der Waals surface area contributed by atoms with Gasteiger partial charge in [-0.05, 0) is 50.1 Å². The molecule has 1 saturated heterocycles. The lowest BCUT2D eigenvalue weighted by Crippen LogP contribution is -2.45. The van der Waals surface area contributed by atoms with Crippen molar-refractivity contribution >= 4 is 47.9 Å². The predicted molar refractivity (Wildman–Crippen MR) is 156 cm³/mol. The molecule has 1 saturated carbocycles. The minimum absolute atomic E-state index is 0.0168. The third-order valence-corrected chi connectivity index (χ3v) is 7.55. The number of fused-ring (bicyclic) bond motifs is 1. The molecule has 0 atom stereocenters. The monoisotopic (exact) mass is 550 g/mol. The van der Waals surface area contributed by atoms with E-state index in [1.165, 1.54) is 12.1 Å². The number of hydrogen-bond acceptors (Lipinski definition) is 7. The van der Waals surface area contributed by atoms with Gasteiger partial charge in [0.25, 0.3) is 0 Å². The first-order chi connectivity index (χ1) is 19.8. The molecule has 11 heteroatoms. The first-order valence-electron chi connectivity index (χ1n) is 13.5. The summed E-state index contributed by atoms with van der Waals surface area (Å²) in [6.45, 7) is 4.96. The van der Waals surface area contributed by atoms with Gasteiger partial charge in [0.1, 0.15) is 17.0 Å². The Labute approximate surface area is 238 Å². The number of carbonyl (C=O) groups excluding carboxylic acids is 2. The first-order valence-corrected chi connectivity index (χ1v) is 13.5. The van der Waals surface area contributed by atoms with Crippen LogP contribution in [0.1, 0.15) is 18.4 Å². The fraction of sp³-hybridized carbons (Fsp3) is 0.267. The quantitative estimate of drug-likeness (QED) is 0.260. The van der Waals surface area contributed by atoms with Crippen molar-refractivity contribution in [3.8, 4) is 11.5 Å². The normalized spacial score (nSPS) is 16.3. The van der Waals surface area contributed by atoms with Gasteiger partial charge in [0.2, 0.25) is 11.8 Å². The Morgan fingerprint density at radius 2 is 1.59 bits per heavy atom. The number of halogens is 1. The molecule has 41 heavy (non-hydrogen) atoms. The molecule has 2 amide bonds. The summed E-state index contributed by atoms with van der Waals surface area (Å²) < 4.78 is 21.0. The maximum Gasteiger partial charge on any atom is 0.240 e. The smallest absolute Gasteiger partial charge is 0.240 e. The summed E-state index contributed by atoms with van der Waals surface area (Å²) in [7, 11) is 5.86. The standard InChI is InChI=1S/C30H28BFN6O3/c1-19-2-4-20(5-3-19)35-28(39)30(9-10-30)29(40)36-21-6-7-26(23(32)16-21)41-25-8-11-33-24-17-27(34-18-22(24)25)37-12-14-38(31)15-13-37/h2-8,11,16-18H,9-10,12-15H2,1H3,(H,35,39)(H,36,40). The largest absolute Gasteiger partial charge is 0.453 e. The SMILES string of the molecule is [B]N1CCN(c2cc3nccc(Oc4ccc(NC(=O)C5(C(=O)Nc6ccc(C)cc6)CC5)cc4F)c3cn2)CC1. The Kier molecular flexibility index (Phi) is 7.04. The summed E-state index contributed by atoms with van der Waals surface area (Å²) in [6, 6.07) is 15.0. The van der Waals surface area contributed by atoms with E-state index < -0.39 is 17.1 Å². The van der Waals surface area contributed by atoms with E-state index in [0.29, 0.717) is 35.2 Å². The average Bonchev–Trinajstić information content (AvgIpc) is 3.79. The highest BCUT2D eigenvalue weighted by Gasteiger charge is 2.56. The number of ether oxygens (including phenoxy) is 1. The van der Waals surface area contributed by atoms with Crippen molar-refractivity contribution in [1.82, 2.24) is 14.8 Å². The van der Waals surface area contributed by atoms with E-state index in [0.717, 1.165) is 37.6 Å². The van der Waals surface area contributed by atoms with Crippen molar-refractivity contribution in [2.75, 3.05) is 41.7 Å². The molecule has 2 N–H and O–H groups in total. The second kappa shape index (κ2) is 10.8. The number of anilines is 3. The maximum absolute atomic E-state index is 15.1. The van der Waals surface area contributed by atoms with Gasteiger partial charge in [-0.3, -0.25) is 14.6 Å². The Morgan fingerprint density at radius 3 is 2.27 bits per heavy atom. The summed E-state index contributed by atoms with van der Waals surface area (Å²) >= 11 is 0. The van der Waals surface area contributed by atoms with E-state index in [9.17, 15) is 9.59 Å². The van der Waals surface area contributed by atoms with Crippen LogP contribution in [0.25, 0.3) is 10.9 Å². The van der Waals surface area contributed by atoms with Crippen LogP contribution in [0.15, 0.2) is 67.0 Å². The minimum atomic E-state index is -1.17. The average molecular weight is 550 g/mol. The number of benzene rings is 2. The van der Waals surface area contributed by atoms with Crippen LogP contribution in [0.4, 0.5) is 21.6 Å². The summed E-state index contributed by atoms with van der Waals surface area (Å²) in [5.74, 6) is -0.320. The van der Waals surface area contributed by atoms with E-state index >= 15 is 4.39 Å². The van der Waals surface area contributed by atoms with Crippen molar-refractivity contribution in [1.29, 1.82) is 0 Å². The van der Waals surface area contributed by atoms with Gasteiger partial charge >= 0.3 is 0 Å². The Morgan fingerprint density at radius 1 is 0.902 bits per heavy atom. The second-order valence-electron chi connectivity index (χ2n) is 10.5. The molecule has 2 aliphatic rings. The van der Waals surface area contributed by atoms with Crippen molar-refractivity contribution in [2.45, 2.75) is 19.8 Å². The number of piperazine rings is 1. The molecule has 1 aliphatic heterocycles. The molecule has 2 fully saturated rings. The zero-order chi connectivity index (χ0) is 28.6. The van der Waals surface area contributed by atoms with Crippen LogP contribution in [0.3, 0.4) is 0 Å².